The Morgan fingerprint density at radius 1 is 0.923 bits per heavy atom. The first-order valence-electron chi connectivity index (χ1n) is 8.11. The second kappa shape index (κ2) is 7.68. The van der Waals surface area contributed by atoms with Crippen molar-refractivity contribution in [2.75, 3.05) is 11.8 Å². The zero-order chi connectivity index (χ0) is 18.6. The maximum atomic E-state index is 13.1. The highest BCUT2D eigenvalue weighted by molar-refractivity contribution is 7.92. The summed E-state index contributed by atoms with van der Waals surface area (Å²) in [7, 11) is -2.00. The Balaban J connectivity index is 2.04. The van der Waals surface area contributed by atoms with Crippen molar-refractivity contribution < 1.29 is 12.8 Å². The van der Waals surface area contributed by atoms with E-state index in [0.29, 0.717) is 12.2 Å². The molecule has 4 nitrogen and oxygen atoms in total. The van der Waals surface area contributed by atoms with Gasteiger partial charge in [0.1, 0.15) is 5.82 Å². The first kappa shape index (κ1) is 18.1. The number of sulfonamides is 1. The fraction of sp³-hybridized carbons (Fsp3) is 0.100. The highest BCUT2D eigenvalue weighted by atomic mass is 32.2. The fourth-order valence-corrected chi connectivity index (χ4v) is 3.75. The molecule has 0 saturated heterocycles. The largest absolute Gasteiger partial charge is 0.316 e. The highest BCUT2D eigenvalue weighted by Gasteiger charge is 2.17. The number of nitrogens with one attached hydrogen (secondary N) is 2. The molecule has 2 N–H and O–H groups in total. The molecule has 0 spiro atoms. The second-order valence-electron chi connectivity index (χ2n) is 5.84. The minimum absolute atomic E-state index is 0.0110. The molecule has 3 aromatic carbocycles. The molecule has 0 aliphatic carbocycles. The molecule has 0 aromatic heterocycles. The lowest BCUT2D eigenvalue weighted by molar-refractivity contribution is 0.599. The van der Waals surface area contributed by atoms with Crippen LogP contribution in [0.15, 0.2) is 77.7 Å². The first-order chi connectivity index (χ1) is 12.5. The van der Waals surface area contributed by atoms with Gasteiger partial charge in [0.2, 0.25) is 0 Å². The summed E-state index contributed by atoms with van der Waals surface area (Å²) in [6, 6.07) is 19.9. The van der Waals surface area contributed by atoms with Gasteiger partial charge in [-0.25, -0.2) is 12.8 Å². The van der Waals surface area contributed by atoms with E-state index in [2.05, 4.69) is 10.0 Å². The van der Waals surface area contributed by atoms with Gasteiger partial charge in [0, 0.05) is 12.1 Å². The molecule has 134 valence electrons. The normalized spacial score (nSPS) is 11.3. The molecule has 26 heavy (non-hydrogen) atoms. The Morgan fingerprint density at radius 2 is 1.62 bits per heavy atom. The molecule has 0 unspecified atom stereocenters. The quantitative estimate of drug-likeness (QED) is 0.689. The molecule has 0 amide bonds. The van der Waals surface area contributed by atoms with Gasteiger partial charge in [-0.05, 0) is 48.5 Å². The van der Waals surface area contributed by atoms with Gasteiger partial charge in [-0.1, -0.05) is 42.5 Å². The molecule has 0 aliphatic rings. The standard InChI is InChI=1S/C20H19FN2O2S/c1-22-14-15-7-12-19(16-5-3-2-4-6-16)20(13-15)23-26(24,25)18-10-8-17(21)9-11-18/h2-13,22-23H,14H2,1H3. The summed E-state index contributed by atoms with van der Waals surface area (Å²) in [4.78, 5) is 0.0110. The Hall–Kier alpha value is -2.70. The van der Waals surface area contributed by atoms with Crippen LogP contribution < -0.4 is 10.0 Å². The van der Waals surface area contributed by atoms with Gasteiger partial charge in [-0.3, -0.25) is 4.72 Å². The molecule has 0 aliphatic heterocycles. The van der Waals surface area contributed by atoms with E-state index in [1.807, 2.05) is 49.5 Å². The molecule has 3 aromatic rings. The van der Waals surface area contributed by atoms with Gasteiger partial charge in [-0.2, -0.15) is 0 Å². The first-order valence-corrected chi connectivity index (χ1v) is 9.59. The smallest absolute Gasteiger partial charge is 0.261 e. The van der Waals surface area contributed by atoms with Crippen LogP contribution in [-0.2, 0) is 16.6 Å². The summed E-state index contributed by atoms with van der Waals surface area (Å²) in [5.41, 5.74) is 3.11. The van der Waals surface area contributed by atoms with Crippen molar-refractivity contribution >= 4 is 15.7 Å². The molecule has 0 atom stereocenters. The summed E-state index contributed by atoms with van der Waals surface area (Å²) in [5, 5.41) is 3.05. The topological polar surface area (TPSA) is 58.2 Å². The van der Waals surface area contributed by atoms with Crippen LogP contribution in [0.3, 0.4) is 0 Å². The number of anilines is 1. The van der Waals surface area contributed by atoms with Crippen LogP contribution in [0.5, 0.6) is 0 Å². The fourth-order valence-electron chi connectivity index (χ4n) is 2.68. The molecule has 0 heterocycles. The second-order valence-corrected chi connectivity index (χ2v) is 7.52. The van der Waals surface area contributed by atoms with E-state index in [0.717, 1.165) is 28.8 Å². The summed E-state index contributed by atoms with van der Waals surface area (Å²) in [6.45, 7) is 0.611. The zero-order valence-corrected chi connectivity index (χ0v) is 15.1. The summed E-state index contributed by atoms with van der Waals surface area (Å²) >= 11 is 0. The number of rotatable bonds is 6. The van der Waals surface area contributed by atoms with Crippen LogP contribution in [0.2, 0.25) is 0 Å². The molecular weight excluding hydrogens is 351 g/mol. The maximum Gasteiger partial charge on any atom is 0.261 e. The highest BCUT2D eigenvalue weighted by Crippen LogP contribution is 2.31. The summed E-state index contributed by atoms with van der Waals surface area (Å²) in [6.07, 6.45) is 0. The third kappa shape index (κ3) is 4.09. The minimum atomic E-state index is -3.83. The Labute approximate surface area is 152 Å². The van der Waals surface area contributed by atoms with E-state index >= 15 is 0 Å². The Morgan fingerprint density at radius 3 is 2.27 bits per heavy atom. The molecule has 3 rings (SSSR count). The van der Waals surface area contributed by atoms with Crippen LogP contribution >= 0.6 is 0 Å². The molecule has 0 radical (unpaired) electrons. The Bertz CT molecular complexity index is 988. The minimum Gasteiger partial charge on any atom is -0.316 e. The molecule has 0 saturated carbocycles. The zero-order valence-electron chi connectivity index (χ0n) is 14.2. The van der Waals surface area contributed by atoms with Crippen molar-refractivity contribution in [1.82, 2.24) is 5.32 Å². The van der Waals surface area contributed by atoms with Gasteiger partial charge in [0.05, 0.1) is 10.6 Å². The van der Waals surface area contributed by atoms with Crippen molar-refractivity contribution in [1.29, 1.82) is 0 Å². The van der Waals surface area contributed by atoms with Crippen molar-refractivity contribution in [3.05, 3.63) is 84.2 Å². The average Bonchev–Trinajstić information content (AvgIpc) is 2.63. The van der Waals surface area contributed by atoms with E-state index in [9.17, 15) is 12.8 Å². The number of benzene rings is 3. The number of halogens is 1. The van der Waals surface area contributed by atoms with E-state index < -0.39 is 15.8 Å². The van der Waals surface area contributed by atoms with Gasteiger partial charge < -0.3 is 5.32 Å². The van der Waals surface area contributed by atoms with Crippen molar-refractivity contribution in [3.63, 3.8) is 0 Å². The summed E-state index contributed by atoms with van der Waals surface area (Å²) < 4.78 is 41.2. The van der Waals surface area contributed by atoms with Crippen LogP contribution in [0.25, 0.3) is 11.1 Å². The molecular formula is C20H19FN2O2S. The van der Waals surface area contributed by atoms with E-state index in [1.54, 1.807) is 6.07 Å². The SMILES string of the molecule is CNCc1ccc(-c2ccccc2)c(NS(=O)(=O)c2ccc(F)cc2)c1. The van der Waals surface area contributed by atoms with Crippen LogP contribution in [0.1, 0.15) is 5.56 Å². The Kier molecular flexibility index (Phi) is 5.35. The van der Waals surface area contributed by atoms with Crippen LogP contribution in [0, 0.1) is 5.82 Å². The predicted octanol–water partition coefficient (Wildman–Crippen LogP) is 4.01. The average molecular weight is 370 g/mol. The molecule has 0 fully saturated rings. The van der Waals surface area contributed by atoms with Gasteiger partial charge in [0.25, 0.3) is 10.0 Å². The van der Waals surface area contributed by atoms with E-state index in [1.165, 1.54) is 12.1 Å². The predicted molar refractivity (Wildman–Crippen MR) is 102 cm³/mol. The van der Waals surface area contributed by atoms with Gasteiger partial charge in [-0.15, -0.1) is 0 Å². The summed E-state index contributed by atoms with van der Waals surface area (Å²) in [5.74, 6) is -0.482. The van der Waals surface area contributed by atoms with Crippen molar-refractivity contribution in [3.8, 4) is 11.1 Å². The van der Waals surface area contributed by atoms with Gasteiger partial charge in [0.15, 0.2) is 0 Å². The molecule has 6 heteroatoms. The lowest BCUT2D eigenvalue weighted by Gasteiger charge is -2.15. The monoisotopic (exact) mass is 370 g/mol. The maximum absolute atomic E-state index is 13.1. The third-order valence-electron chi connectivity index (χ3n) is 3.92. The number of hydrogen-bond donors (Lipinski definition) is 2. The lowest BCUT2D eigenvalue weighted by Crippen LogP contribution is -2.14. The number of hydrogen-bond acceptors (Lipinski definition) is 3. The van der Waals surface area contributed by atoms with Crippen LogP contribution in [0.4, 0.5) is 10.1 Å². The molecule has 0 bridgehead atoms. The van der Waals surface area contributed by atoms with Gasteiger partial charge >= 0.3 is 0 Å². The van der Waals surface area contributed by atoms with Crippen molar-refractivity contribution in [2.45, 2.75) is 11.4 Å². The van der Waals surface area contributed by atoms with E-state index in [4.69, 9.17) is 0 Å². The lowest BCUT2D eigenvalue weighted by atomic mass is 10.0. The van der Waals surface area contributed by atoms with Crippen molar-refractivity contribution in [2.24, 2.45) is 0 Å². The third-order valence-corrected chi connectivity index (χ3v) is 5.30. The van der Waals surface area contributed by atoms with E-state index in [-0.39, 0.29) is 4.90 Å². The van der Waals surface area contributed by atoms with Crippen LogP contribution in [-0.4, -0.2) is 15.5 Å².